The van der Waals surface area contributed by atoms with Gasteiger partial charge in [0, 0.05) is 5.69 Å². The maximum absolute atomic E-state index is 5.85. The minimum absolute atomic E-state index is 0.191. The van der Waals surface area contributed by atoms with Crippen molar-refractivity contribution in [3.63, 3.8) is 0 Å². The number of aliphatic imine (C=N–C) groups is 1. The van der Waals surface area contributed by atoms with Gasteiger partial charge in [0.2, 0.25) is 0 Å². The van der Waals surface area contributed by atoms with Gasteiger partial charge in [0.05, 0.1) is 0 Å². The number of nitrogens with zero attached hydrogens (tertiary/aromatic N) is 1. The third kappa shape index (κ3) is 3.81. The van der Waals surface area contributed by atoms with Crippen molar-refractivity contribution in [2.45, 2.75) is 33.7 Å². The summed E-state index contributed by atoms with van der Waals surface area (Å²) >= 11 is 0. The van der Waals surface area contributed by atoms with Crippen molar-refractivity contribution < 1.29 is 0 Å². The van der Waals surface area contributed by atoms with E-state index in [1.54, 1.807) is 0 Å². The van der Waals surface area contributed by atoms with Crippen LogP contribution in [0.2, 0.25) is 0 Å². The second-order valence-electron chi connectivity index (χ2n) is 4.79. The minimum atomic E-state index is -0.191. The second-order valence-corrected chi connectivity index (χ2v) is 4.79. The fourth-order valence-electron chi connectivity index (χ4n) is 1.53. The largest absolute Gasteiger partial charge is 0.370 e. The summed E-state index contributed by atoms with van der Waals surface area (Å²) in [6.07, 6.45) is 5.42. The van der Waals surface area contributed by atoms with Crippen molar-refractivity contribution in [2.24, 2.45) is 16.6 Å². The zero-order chi connectivity index (χ0) is 13.7. The van der Waals surface area contributed by atoms with Gasteiger partial charge in [-0.25, -0.2) is 4.99 Å². The minimum Gasteiger partial charge on any atom is -0.370 e. The molecule has 0 aromatic heterocycles. The lowest BCUT2D eigenvalue weighted by molar-refractivity contribution is 0.586. The number of terminal acetylenes is 1. The van der Waals surface area contributed by atoms with Crippen LogP contribution in [0.3, 0.4) is 0 Å². The molecule has 0 fully saturated rings. The Kier molecular flexibility index (Phi) is 4.79. The molecule has 0 saturated carbocycles. The molecule has 0 amide bonds. The van der Waals surface area contributed by atoms with Crippen LogP contribution >= 0.6 is 0 Å². The molecule has 1 unspecified atom stereocenters. The van der Waals surface area contributed by atoms with Crippen molar-refractivity contribution >= 4 is 11.6 Å². The molecule has 1 aromatic carbocycles. The highest BCUT2D eigenvalue weighted by Gasteiger charge is 2.08. The van der Waals surface area contributed by atoms with Crippen LogP contribution in [-0.2, 0) is 0 Å². The molecule has 0 spiro atoms. The first-order valence-electron chi connectivity index (χ1n) is 6.07. The second kappa shape index (κ2) is 6.11. The van der Waals surface area contributed by atoms with E-state index in [0.717, 1.165) is 5.69 Å². The summed E-state index contributed by atoms with van der Waals surface area (Å²) in [5, 5.41) is 3.06. The fraction of sp³-hybridized carbons (Fsp3) is 0.400. The number of anilines is 1. The Morgan fingerprint density at radius 3 is 2.50 bits per heavy atom. The number of hydrogen-bond acceptors (Lipinski definition) is 1. The lowest BCUT2D eigenvalue weighted by atomic mass is 10.1. The van der Waals surface area contributed by atoms with E-state index in [2.05, 4.69) is 30.1 Å². The maximum Gasteiger partial charge on any atom is 0.194 e. The summed E-state index contributed by atoms with van der Waals surface area (Å²) in [6, 6.07) is 5.87. The van der Waals surface area contributed by atoms with Crippen LogP contribution in [0.5, 0.6) is 0 Å². The molecule has 0 aliphatic rings. The zero-order valence-corrected chi connectivity index (χ0v) is 11.5. The lowest BCUT2D eigenvalue weighted by Gasteiger charge is -2.12. The molecule has 0 saturated heterocycles. The number of benzene rings is 1. The highest BCUT2D eigenvalue weighted by Crippen LogP contribution is 2.14. The molecule has 0 bridgehead atoms. The Labute approximate surface area is 110 Å². The SMILES string of the molecule is C#CC(N=C(N)Nc1ccc(C)c(C)c1)C(C)C. The number of nitrogens with one attached hydrogen (secondary N) is 1. The van der Waals surface area contributed by atoms with E-state index in [0.29, 0.717) is 5.96 Å². The van der Waals surface area contributed by atoms with E-state index < -0.39 is 0 Å². The smallest absolute Gasteiger partial charge is 0.194 e. The first kappa shape index (κ1) is 14.1. The molecular weight excluding hydrogens is 222 g/mol. The Hall–Kier alpha value is -1.95. The zero-order valence-electron chi connectivity index (χ0n) is 11.5. The van der Waals surface area contributed by atoms with Gasteiger partial charge >= 0.3 is 0 Å². The number of aryl methyl sites for hydroxylation is 2. The fourth-order valence-corrected chi connectivity index (χ4v) is 1.53. The van der Waals surface area contributed by atoms with Crippen LogP contribution in [0.1, 0.15) is 25.0 Å². The third-order valence-corrected chi connectivity index (χ3v) is 2.86. The Bertz CT molecular complexity index is 481. The first-order chi connectivity index (χ1) is 8.43. The van der Waals surface area contributed by atoms with E-state index in [4.69, 9.17) is 12.2 Å². The molecule has 96 valence electrons. The predicted molar refractivity (Wildman–Crippen MR) is 78.6 cm³/mol. The Morgan fingerprint density at radius 1 is 1.33 bits per heavy atom. The van der Waals surface area contributed by atoms with Crippen molar-refractivity contribution in [2.75, 3.05) is 5.32 Å². The molecule has 0 radical (unpaired) electrons. The number of hydrogen-bond donors (Lipinski definition) is 2. The van der Waals surface area contributed by atoms with Crippen LogP contribution in [0.25, 0.3) is 0 Å². The lowest BCUT2D eigenvalue weighted by Crippen LogP contribution is -2.26. The normalized spacial score (nSPS) is 13.2. The van der Waals surface area contributed by atoms with Gasteiger partial charge in [-0.3, -0.25) is 0 Å². The molecule has 0 aliphatic heterocycles. The topological polar surface area (TPSA) is 50.4 Å². The van der Waals surface area contributed by atoms with Crippen molar-refractivity contribution in [1.29, 1.82) is 0 Å². The molecule has 1 atom stereocenters. The van der Waals surface area contributed by atoms with Gasteiger partial charge in [0.1, 0.15) is 6.04 Å². The van der Waals surface area contributed by atoms with Crippen molar-refractivity contribution in [3.8, 4) is 12.3 Å². The maximum atomic E-state index is 5.85. The summed E-state index contributed by atoms with van der Waals surface area (Å²) in [4.78, 5) is 4.29. The summed E-state index contributed by atoms with van der Waals surface area (Å²) in [6.45, 7) is 8.19. The molecule has 18 heavy (non-hydrogen) atoms. The summed E-state index contributed by atoms with van der Waals surface area (Å²) in [5.41, 5.74) is 9.24. The molecule has 3 heteroatoms. The van der Waals surface area contributed by atoms with Gasteiger partial charge < -0.3 is 11.1 Å². The molecule has 3 N–H and O–H groups in total. The standard InChI is InChI=1S/C15H21N3/c1-6-14(10(2)3)18-15(16)17-13-8-7-11(4)12(5)9-13/h1,7-10,14H,2-5H3,(H3,16,17,18). The van der Waals surface area contributed by atoms with Crippen LogP contribution in [-0.4, -0.2) is 12.0 Å². The summed E-state index contributed by atoms with van der Waals surface area (Å²) in [7, 11) is 0. The van der Waals surface area contributed by atoms with E-state index >= 15 is 0 Å². The monoisotopic (exact) mass is 243 g/mol. The van der Waals surface area contributed by atoms with Gasteiger partial charge in [-0.2, -0.15) is 0 Å². The number of nitrogens with two attached hydrogens (primary N) is 1. The van der Waals surface area contributed by atoms with Crippen LogP contribution < -0.4 is 11.1 Å². The van der Waals surface area contributed by atoms with Gasteiger partial charge in [0.25, 0.3) is 0 Å². The van der Waals surface area contributed by atoms with Gasteiger partial charge in [0.15, 0.2) is 5.96 Å². The van der Waals surface area contributed by atoms with E-state index in [1.165, 1.54) is 11.1 Å². The van der Waals surface area contributed by atoms with Crippen molar-refractivity contribution in [3.05, 3.63) is 29.3 Å². The number of guanidine groups is 1. The predicted octanol–water partition coefficient (Wildman–Crippen LogP) is 2.69. The average molecular weight is 243 g/mol. The van der Waals surface area contributed by atoms with Crippen LogP contribution in [0.15, 0.2) is 23.2 Å². The van der Waals surface area contributed by atoms with E-state index in [1.807, 2.05) is 32.0 Å². The van der Waals surface area contributed by atoms with Crippen LogP contribution in [0, 0.1) is 32.1 Å². The quantitative estimate of drug-likeness (QED) is 0.487. The first-order valence-corrected chi connectivity index (χ1v) is 6.07. The van der Waals surface area contributed by atoms with Gasteiger partial charge in [-0.1, -0.05) is 25.8 Å². The van der Waals surface area contributed by atoms with Crippen LogP contribution in [0.4, 0.5) is 5.69 Å². The molecule has 1 rings (SSSR count). The highest BCUT2D eigenvalue weighted by molar-refractivity contribution is 5.92. The number of rotatable bonds is 3. The molecular formula is C15H21N3. The average Bonchev–Trinajstić information content (AvgIpc) is 2.30. The van der Waals surface area contributed by atoms with Gasteiger partial charge in [-0.15, -0.1) is 6.42 Å². The molecule has 1 aromatic rings. The Balaban J connectivity index is 2.81. The highest BCUT2D eigenvalue weighted by atomic mass is 15.1. The summed E-state index contributed by atoms with van der Waals surface area (Å²) < 4.78 is 0. The van der Waals surface area contributed by atoms with Gasteiger partial charge in [-0.05, 0) is 43.0 Å². The molecule has 3 nitrogen and oxygen atoms in total. The van der Waals surface area contributed by atoms with E-state index in [9.17, 15) is 0 Å². The third-order valence-electron chi connectivity index (χ3n) is 2.86. The summed E-state index contributed by atoms with van der Waals surface area (Å²) in [5.74, 6) is 3.26. The Morgan fingerprint density at radius 2 is 2.00 bits per heavy atom. The molecule has 0 aliphatic carbocycles. The van der Waals surface area contributed by atoms with E-state index in [-0.39, 0.29) is 12.0 Å². The molecule has 0 heterocycles. The van der Waals surface area contributed by atoms with Crippen molar-refractivity contribution in [1.82, 2.24) is 0 Å².